The molecule has 0 atom stereocenters. The Hall–Kier alpha value is -1.86. The molecule has 0 spiro atoms. The molecule has 84 valence electrons. The zero-order chi connectivity index (χ0) is 12.2. The fourth-order valence-electron chi connectivity index (χ4n) is 1.01. The highest BCUT2D eigenvalue weighted by Gasteiger charge is 2.16. The summed E-state index contributed by atoms with van der Waals surface area (Å²) in [5.41, 5.74) is -0.190. The summed E-state index contributed by atoms with van der Waals surface area (Å²) in [6, 6.07) is 8.08. The van der Waals surface area contributed by atoms with Crippen molar-refractivity contribution in [1.29, 1.82) is 5.26 Å². The number of hydrogen-bond donors (Lipinski definition) is 1. The first kappa shape index (κ1) is 12.2. The predicted molar refractivity (Wildman–Crippen MR) is 57.7 cm³/mol. The van der Waals surface area contributed by atoms with Gasteiger partial charge in [0.15, 0.2) is 0 Å². The van der Waals surface area contributed by atoms with Crippen LogP contribution in [0.15, 0.2) is 24.3 Å². The quantitative estimate of drug-likeness (QED) is 0.782. The molecular weight excluding hydrogens is 206 g/mol. The second-order valence-electron chi connectivity index (χ2n) is 4.08. The number of esters is 1. The van der Waals surface area contributed by atoms with E-state index in [9.17, 15) is 9.90 Å². The molecule has 0 heterocycles. The first-order valence-electron chi connectivity index (χ1n) is 4.82. The molecule has 0 radical (unpaired) electrons. The Balaban J connectivity index is 2.64. The topological polar surface area (TPSA) is 70.3 Å². The highest BCUT2D eigenvalue weighted by molar-refractivity contribution is 5.89. The van der Waals surface area contributed by atoms with Gasteiger partial charge in [-0.05, 0) is 38.1 Å². The van der Waals surface area contributed by atoms with Crippen LogP contribution in [0.4, 0.5) is 0 Å². The molecule has 0 aliphatic heterocycles. The summed E-state index contributed by atoms with van der Waals surface area (Å²) < 4.78 is 4.89. The molecule has 1 N–H and O–H groups in total. The van der Waals surface area contributed by atoms with E-state index in [4.69, 9.17) is 10.00 Å². The van der Waals surface area contributed by atoms with Crippen molar-refractivity contribution in [2.24, 2.45) is 0 Å². The maximum atomic E-state index is 11.5. The Kier molecular flexibility index (Phi) is 3.64. The second kappa shape index (κ2) is 4.77. The first-order chi connectivity index (χ1) is 7.42. The van der Waals surface area contributed by atoms with E-state index >= 15 is 0 Å². The number of nitriles is 1. The summed E-state index contributed by atoms with van der Waals surface area (Å²) in [5.74, 6) is -0.508. The Morgan fingerprint density at radius 2 is 2.00 bits per heavy atom. The summed E-state index contributed by atoms with van der Waals surface area (Å²) in [4.78, 5) is 11.5. The third-order valence-corrected chi connectivity index (χ3v) is 1.81. The van der Waals surface area contributed by atoms with Crippen molar-refractivity contribution in [3.05, 3.63) is 35.4 Å². The van der Waals surface area contributed by atoms with E-state index in [-0.39, 0.29) is 6.61 Å². The first-order valence-corrected chi connectivity index (χ1v) is 4.82. The summed E-state index contributed by atoms with van der Waals surface area (Å²) in [5, 5.41) is 18.0. The van der Waals surface area contributed by atoms with Gasteiger partial charge in [0.25, 0.3) is 0 Å². The second-order valence-corrected chi connectivity index (χ2v) is 4.08. The number of benzene rings is 1. The van der Waals surface area contributed by atoms with E-state index < -0.39 is 11.6 Å². The van der Waals surface area contributed by atoms with Crippen LogP contribution in [0.1, 0.15) is 29.8 Å². The number of rotatable bonds is 3. The Morgan fingerprint density at radius 1 is 1.44 bits per heavy atom. The minimum Gasteiger partial charge on any atom is -0.459 e. The Bertz CT molecular complexity index is 409. The third-order valence-electron chi connectivity index (χ3n) is 1.81. The predicted octanol–water partition coefficient (Wildman–Crippen LogP) is 1.49. The summed E-state index contributed by atoms with van der Waals surface area (Å²) >= 11 is 0. The molecule has 0 aromatic heterocycles. The highest BCUT2D eigenvalue weighted by atomic mass is 16.5. The molecule has 0 aliphatic carbocycles. The molecule has 0 fully saturated rings. The van der Waals surface area contributed by atoms with Crippen molar-refractivity contribution in [1.82, 2.24) is 0 Å². The van der Waals surface area contributed by atoms with Crippen LogP contribution in [0.2, 0.25) is 0 Å². The Labute approximate surface area is 94.1 Å². The van der Waals surface area contributed by atoms with Crippen molar-refractivity contribution < 1.29 is 14.6 Å². The largest absolute Gasteiger partial charge is 0.459 e. The Morgan fingerprint density at radius 3 is 2.44 bits per heavy atom. The lowest BCUT2D eigenvalue weighted by Gasteiger charge is -2.16. The monoisotopic (exact) mass is 219 g/mol. The lowest BCUT2D eigenvalue weighted by molar-refractivity contribution is -0.0100. The van der Waals surface area contributed by atoms with Crippen LogP contribution in [0, 0.1) is 11.3 Å². The van der Waals surface area contributed by atoms with Crippen molar-refractivity contribution in [3.63, 3.8) is 0 Å². The number of carbonyl (C=O) groups excluding carboxylic acids is 1. The van der Waals surface area contributed by atoms with Crippen molar-refractivity contribution >= 4 is 5.97 Å². The van der Waals surface area contributed by atoms with Gasteiger partial charge in [0.1, 0.15) is 6.61 Å². The molecule has 1 aromatic rings. The average molecular weight is 219 g/mol. The fourth-order valence-corrected chi connectivity index (χ4v) is 1.01. The van der Waals surface area contributed by atoms with E-state index in [2.05, 4.69) is 0 Å². The van der Waals surface area contributed by atoms with Crippen LogP contribution in [-0.2, 0) is 4.74 Å². The SMILES string of the molecule is CC(C)(O)COC(=O)c1ccc(C#N)cc1. The van der Waals surface area contributed by atoms with Gasteiger partial charge in [-0.1, -0.05) is 0 Å². The van der Waals surface area contributed by atoms with E-state index in [0.717, 1.165) is 0 Å². The van der Waals surface area contributed by atoms with Gasteiger partial charge in [-0.25, -0.2) is 4.79 Å². The number of hydrogen-bond acceptors (Lipinski definition) is 4. The highest BCUT2D eigenvalue weighted by Crippen LogP contribution is 2.07. The minimum atomic E-state index is -1.04. The maximum absolute atomic E-state index is 11.5. The van der Waals surface area contributed by atoms with Crippen molar-refractivity contribution in [2.75, 3.05) is 6.61 Å². The normalized spacial score (nSPS) is 10.6. The van der Waals surface area contributed by atoms with Gasteiger partial charge in [-0.3, -0.25) is 0 Å². The van der Waals surface area contributed by atoms with E-state index in [1.807, 2.05) is 6.07 Å². The average Bonchev–Trinajstić information content (AvgIpc) is 2.25. The third kappa shape index (κ3) is 3.71. The molecule has 16 heavy (non-hydrogen) atoms. The summed E-state index contributed by atoms with van der Waals surface area (Å²) in [6.45, 7) is 3.05. The molecule has 0 bridgehead atoms. The molecular formula is C12H13NO3. The van der Waals surface area contributed by atoms with Crippen LogP contribution < -0.4 is 0 Å². The maximum Gasteiger partial charge on any atom is 0.338 e. The molecule has 0 unspecified atom stereocenters. The van der Waals surface area contributed by atoms with Gasteiger partial charge in [-0.2, -0.15) is 5.26 Å². The van der Waals surface area contributed by atoms with Crippen LogP contribution in [-0.4, -0.2) is 23.3 Å². The van der Waals surface area contributed by atoms with E-state index in [1.165, 1.54) is 12.1 Å². The van der Waals surface area contributed by atoms with Gasteiger partial charge in [0.05, 0.1) is 22.8 Å². The van der Waals surface area contributed by atoms with Gasteiger partial charge < -0.3 is 9.84 Å². The number of ether oxygens (including phenoxy) is 1. The molecule has 4 nitrogen and oxygen atoms in total. The summed E-state index contributed by atoms with van der Waals surface area (Å²) in [7, 11) is 0. The lowest BCUT2D eigenvalue weighted by atomic mass is 10.1. The van der Waals surface area contributed by atoms with Crippen LogP contribution in [0.25, 0.3) is 0 Å². The van der Waals surface area contributed by atoms with E-state index in [1.54, 1.807) is 26.0 Å². The van der Waals surface area contributed by atoms with Gasteiger partial charge >= 0.3 is 5.97 Å². The number of aliphatic hydroxyl groups is 1. The lowest BCUT2D eigenvalue weighted by Crippen LogP contribution is -2.27. The number of nitrogens with zero attached hydrogens (tertiary/aromatic N) is 1. The minimum absolute atomic E-state index is 0.0637. The molecule has 1 aromatic carbocycles. The molecule has 1 rings (SSSR count). The fraction of sp³-hybridized carbons (Fsp3) is 0.333. The van der Waals surface area contributed by atoms with Crippen molar-refractivity contribution in [2.45, 2.75) is 19.4 Å². The molecule has 0 saturated carbocycles. The zero-order valence-electron chi connectivity index (χ0n) is 9.23. The van der Waals surface area contributed by atoms with E-state index in [0.29, 0.717) is 11.1 Å². The molecule has 4 heteroatoms. The van der Waals surface area contributed by atoms with Crippen LogP contribution in [0.3, 0.4) is 0 Å². The molecule has 0 aliphatic rings. The number of carbonyl (C=O) groups is 1. The molecule has 0 saturated heterocycles. The molecule has 0 amide bonds. The van der Waals surface area contributed by atoms with Crippen LogP contribution >= 0.6 is 0 Å². The van der Waals surface area contributed by atoms with Crippen LogP contribution in [0.5, 0.6) is 0 Å². The smallest absolute Gasteiger partial charge is 0.338 e. The standard InChI is InChI=1S/C12H13NO3/c1-12(2,15)8-16-11(14)10-5-3-9(7-13)4-6-10/h3-6,15H,8H2,1-2H3. The van der Waals surface area contributed by atoms with Gasteiger partial charge in [-0.15, -0.1) is 0 Å². The van der Waals surface area contributed by atoms with Crippen molar-refractivity contribution in [3.8, 4) is 6.07 Å². The van der Waals surface area contributed by atoms with Gasteiger partial charge in [0, 0.05) is 0 Å². The van der Waals surface area contributed by atoms with Gasteiger partial charge in [0.2, 0.25) is 0 Å². The zero-order valence-corrected chi connectivity index (χ0v) is 9.23. The summed E-state index contributed by atoms with van der Waals surface area (Å²) in [6.07, 6.45) is 0.